The summed E-state index contributed by atoms with van der Waals surface area (Å²) in [6, 6.07) is 0. The number of nitrogens with one attached hydrogen (secondary N) is 1. The molecule has 2 unspecified atom stereocenters. The van der Waals surface area contributed by atoms with Crippen molar-refractivity contribution in [1.82, 2.24) is 5.32 Å². The highest BCUT2D eigenvalue weighted by Gasteiger charge is 2.53. The van der Waals surface area contributed by atoms with Crippen molar-refractivity contribution in [3.8, 4) is 0 Å². The molecule has 86 valence electrons. The van der Waals surface area contributed by atoms with Gasteiger partial charge >= 0.3 is 0 Å². The van der Waals surface area contributed by atoms with E-state index in [1.165, 1.54) is 32.1 Å². The highest BCUT2D eigenvalue weighted by atomic mass is 16.5. The molecule has 2 atom stereocenters. The summed E-state index contributed by atoms with van der Waals surface area (Å²) in [5, 5.41) is 3.37. The molecule has 3 fully saturated rings. The van der Waals surface area contributed by atoms with E-state index in [1.54, 1.807) is 0 Å². The van der Waals surface area contributed by atoms with E-state index in [2.05, 4.69) is 12.4 Å². The molecule has 3 aliphatic carbocycles. The van der Waals surface area contributed by atoms with Gasteiger partial charge in [-0.15, -0.1) is 0 Å². The fraction of sp³-hybridized carbons (Fsp3) is 1.00. The van der Waals surface area contributed by atoms with Crippen LogP contribution in [-0.4, -0.2) is 26.8 Å². The van der Waals surface area contributed by atoms with Crippen molar-refractivity contribution in [2.45, 2.75) is 32.1 Å². The second-order valence-corrected chi connectivity index (χ2v) is 6.15. The van der Waals surface area contributed by atoms with Gasteiger partial charge in [0, 0.05) is 18.6 Å². The average molecular weight is 209 g/mol. The Hall–Kier alpha value is -0.0800. The summed E-state index contributed by atoms with van der Waals surface area (Å²) in [4.78, 5) is 0. The molecule has 3 rings (SSSR count). The van der Waals surface area contributed by atoms with Gasteiger partial charge in [0.1, 0.15) is 0 Å². The highest BCUT2D eigenvalue weighted by molar-refractivity contribution is 5.04. The Labute approximate surface area is 92.8 Å². The average Bonchev–Trinajstić information content (AvgIpc) is 3.09. The summed E-state index contributed by atoms with van der Waals surface area (Å²) in [7, 11) is 2.08. The molecule has 0 aromatic heterocycles. The topological polar surface area (TPSA) is 21.3 Å². The van der Waals surface area contributed by atoms with Crippen molar-refractivity contribution in [2.24, 2.45) is 23.2 Å². The van der Waals surface area contributed by atoms with Crippen molar-refractivity contribution >= 4 is 0 Å². The first kappa shape index (κ1) is 10.1. The first-order valence-corrected chi connectivity index (χ1v) is 6.54. The van der Waals surface area contributed by atoms with Crippen LogP contribution in [0.2, 0.25) is 0 Å². The summed E-state index contributed by atoms with van der Waals surface area (Å²) in [6.45, 7) is 3.20. The van der Waals surface area contributed by atoms with Crippen LogP contribution in [0.3, 0.4) is 0 Å². The standard InChI is InChI=1S/C13H23NO/c1-14-8-13(5-11-4-12(11)6-13)9-15-7-10-2-3-10/h10-12,14H,2-9H2,1H3. The van der Waals surface area contributed by atoms with E-state index in [0.29, 0.717) is 5.41 Å². The van der Waals surface area contributed by atoms with Crippen LogP contribution in [0.4, 0.5) is 0 Å². The molecule has 3 aliphatic rings. The minimum atomic E-state index is 0.497. The summed E-state index contributed by atoms with van der Waals surface area (Å²) in [5.41, 5.74) is 0.497. The zero-order valence-corrected chi connectivity index (χ0v) is 9.80. The largest absolute Gasteiger partial charge is 0.381 e. The van der Waals surface area contributed by atoms with Crippen molar-refractivity contribution in [3.63, 3.8) is 0 Å². The lowest BCUT2D eigenvalue weighted by Crippen LogP contribution is -2.36. The third-order valence-corrected chi connectivity index (χ3v) is 4.47. The maximum Gasteiger partial charge on any atom is 0.0534 e. The maximum atomic E-state index is 5.93. The summed E-state index contributed by atoms with van der Waals surface area (Å²) < 4.78 is 5.93. The molecule has 15 heavy (non-hydrogen) atoms. The maximum absolute atomic E-state index is 5.93. The van der Waals surface area contributed by atoms with Crippen LogP contribution in [0.25, 0.3) is 0 Å². The van der Waals surface area contributed by atoms with E-state index in [4.69, 9.17) is 4.74 Å². The zero-order valence-electron chi connectivity index (χ0n) is 9.80. The lowest BCUT2D eigenvalue weighted by atomic mass is 9.83. The number of fused-ring (bicyclic) bond motifs is 1. The second-order valence-electron chi connectivity index (χ2n) is 6.15. The number of hydrogen-bond donors (Lipinski definition) is 1. The van der Waals surface area contributed by atoms with Crippen molar-refractivity contribution in [1.29, 1.82) is 0 Å². The molecule has 0 aliphatic heterocycles. The second kappa shape index (κ2) is 3.74. The van der Waals surface area contributed by atoms with E-state index >= 15 is 0 Å². The molecule has 0 bridgehead atoms. The lowest BCUT2D eigenvalue weighted by molar-refractivity contribution is 0.0347. The van der Waals surface area contributed by atoms with Crippen LogP contribution in [0.15, 0.2) is 0 Å². The quantitative estimate of drug-likeness (QED) is 0.723. The van der Waals surface area contributed by atoms with E-state index < -0.39 is 0 Å². The Morgan fingerprint density at radius 2 is 2.00 bits per heavy atom. The Morgan fingerprint density at radius 1 is 1.27 bits per heavy atom. The minimum absolute atomic E-state index is 0.497. The summed E-state index contributed by atoms with van der Waals surface area (Å²) >= 11 is 0. The normalized spacial score (nSPS) is 43.0. The predicted molar refractivity (Wildman–Crippen MR) is 60.7 cm³/mol. The summed E-state index contributed by atoms with van der Waals surface area (Å²) in [5.74, 6) is 3.03. The van der Waals surface area contributed by atoms with Gasteiger partial charge in [0.05, 0.1) is 6.61 Å². The van der Waals surface area contributed by atoms with Crippen LogP contribution in [0.1, 0.15) is 32.1 Å². The Morgan fingerprint density at radius 3 is 2.60 bits per heavy atom. The molecule has 0 aromatic rings. The molecule has 0 amide bonds. The first-order chi connectivity index (χ1) is 7.31. The zero-order chi connectivity index (χ0) is 10.3. The SMILES string of the molecule is CNCC1(COCC2CC2)CC2CC2C1. The minimum Gasteiger partial charge on any atom is -0.381 e. The van der Waals surface area contributed by atoms with E-state index in [0.717, 1.165) is 37.5 Å². The molecule has 0 aromatic carbocycles. The van der Waals surface area contributed by atoms with Gasteiger partial charge in [-0.3, -0.25) is 0 Å². The van der Waals surface area contributed by atoms with Crippen LogP contribution in [0, 0.1) is 23.2 Å². The van der Waals surface area contributed by atoms with Gasteiger partial charge in [-0.05, 0) is 56.9 Å². The van der Waals surface area contributed by atoms with Crippen molar-refractivity contribution in [3.05, 3.63) is 0 Å². The van der Waals surface area contributed by atoms with Crippen LogP contribution >= 0.6 is 0 Å². The smallest absolute Gasteiger partial charge is 0.0534 e. The fourth-order valence-electron chi connectivity index (χ4n) is 3.42. The third-order valence-electron chi connectivity index (χ3n) is 4.47. The van der Waals surface area contributed by atoms with Crippen LogP contribution < -0.4 is 5.32 Å². The molecule has 2 nitrogen and oxygen atoms in total. The number of ether oxygens (including phenoxy) is 1. The molecule has 3 saturated carbocycles. The number of hydrogen-bond acceptors (Lipinski definition) is 2. The molecule has 2 heteroatoms. The molecular formula is C13H23NO. The van der Waals surface area contributed by atoms with E-state index in [1.807, 2.05) is 0 Å². The van der Waals surface area contributed by atoms with Gasteiger partial charge in [0.25, 0.3) is 0 Å². The van der Waals surface area contributed by atoms with Gasteiger partial charge in [-0.1, -0.05) is 0 Å². The van der Waals surface area contributed by atoms with Gasteiger partial charge < -0.3 is 10.1 Å². The predicted octanol–water partition coefficient (Wildman–Crippen LogP) is 2.05. The molecule has 0 saturated heterocycles. The van der Waals surface area contributed by atoms with Crippen LogP contribution in [0.5, 0.6) is 0 Å². The first-order valence-electron chi connectivity index (χ1n) is 6.54. The number of rotatable bonds is 6. The Kier molecular flexibility index (Phi) is 2.52. The van der Waals surface area contributed by atoms with E-state index in [-0.39, 0.29) is 0 Å². The lowest BCUT2D eigenvalue weighted by Gasteiger charge is -2.30. The molecule has 0 heterocycles. The van der Waals surface area contributed by atoms with Gasteiger partial charge in [-0.2, -0.15) is 0 Å². The van der Waals surface area contributed by atoms with Crippen LogP contribution in [-0.2, 0) is 4.74 Å². The Balaban J connectivity index is 1.48. The molecule has 0 radical (unpaired) electrons. The fourth-order valence-corrected chi connectivity index (χ4v) is 3.42. The molecule has 1 N–H and O–H groups in total. The van der Waals surface area contributed by atoms with E-state index in [9.17, 15) is 0 Å². The van der Waals surface area contributed by atoms with Gasteiger partial charge in [0.15, 0.2) is 0 Å². The van der Waals surface area contributed by atoms with Crippen molar-refractivity contribution in [2.75, 3.05) is 26.8 Å². The highest BCUT2D eigenvalue weighted by Crippen LogP contribution is 2.59. The molecule has 0 spiro atoms. The Bertz CT molecular complexity index is 227. The van der Waals surface area contributed by atoms with Crippen molar-refractivity contribution < 1.29 is 4.74 Å². The van der Waals surface area contributed by atoms with Gasteiger partial charge in [0.2, 0.25) is 0 Å². The van der Waals surface area contributed by atoms with Gasteiger partial charge in [-0.25, -0.2) is 0 Å². The summed E-state index contributed by atoms with van der Waals surface area (Å²) in [6.07, 6.45) is 7.16. The third kappa shape index (κ3) is 2.21. The monoisotopic (exact) mass is 209 g/mol. The molecular weight excluding hydrogens is 186 g/mol.